The first kappa shape index (κ1) is 41.6. The highest BCUT2D eigenvalue weighted by Crippen LogP contribution is 2.41. The molecular formula is C43H49F4N7O5. The molecule has 3 aromatic carbocycles. The maximum absolute atomic E-state index is 14.9. The SMILES string of the molecule is COc1cc2c(N[C@H](C)c3cc(N)cc(C(F)(F)F)c3)ncnc2c(CCCCCCN2CCC(c3cc(F)cc4c3CN(C3CCC(=O)NC3=O)C4=O)CC2)c1OC. The quantitative estimate of drug-likeness (QED) is 0.0512. The molecule has 1 unspecified atom stereocenters. The number of hydrogen-bond acceptors (Lipinski definition) is 10. The lowest BCUT2D eigenvalue weighted by atomic mass is 9.85. The van der Waals surface area contributed by atoms with Crippen LogP contribution in [0.2, 0.25) is 0 Å². The fraction of sp³-hybridized carbons (Fsp3) is 0.465. The van der Waals surface area contributed by atoms with Gasteiger partial charge in [-0.1, -0.05) is 12.8 Å². The molecule has 2 fully saturated rings. The Morgan fingerprint density at radius 3 is 2.44 bits per heavy atom. The fourth-order valence-corrected chi connectivity index (χ4v) is 8.80. The number of carbonyl (C=O) groups excluding carboxylic acids is 3. The molecule has 0 saturated carbocycles. The van der Waals surface area contributed by atoms with E-state index in [9.17, 15) is 31.9 Å². The van der Waals surface area contributed by atoms with Crippen molar-refractivity contribution >= 4 is 40.1 Å². The van der Waals surface area contributed by atoms with Gasteiger partial charge in [0.1, 0.15) is 24.0 Å². The lowest BCUT2D eigenvalue weighted by Crippen LogP contribution is -2.52. The molecule has 1 aromatic heterocycles. The molecule has 16 heteroatoms. The van der Waals surface area contributed by atoms with Crippen LogP contribution in [0.5, 0.6) is 11.5 Å². The Balaban J connectivity index is 0.935. The molecule has 4 aromatic rings. The molecule has 3 aliphatic rings. The van der Waals surface area contributed by atoms with Gasteiger partial charge in [0.25, 0.3) is 5.91 Å². The number of carbonyl (C=O) groups is 3. The summed E-state index contributed by atoms with van der Waals surface area (Å²) in [6.07, 6.45) is 3.43. The second kappa shape index (κ2) is 17.4. The largest absolute Gasteiger partial charge is 0.493 e. The molecule has 59 heavy (non-hydrogen) atoms. The monoisotopic (exact) mass is 819 g/mol. The van der Waals surface area contributed by atoms with Gasteiger partial charge >= 0.3 is 6.18 Å². The number of nitrogens with two attached hydrogens (primary N) is 1. The van der Waals surface area contributed by atoms with E-state index in [2.05, 4.69) is 25.5 Å². The minimum Gasteiger partial charge on any atom is -0.493 e. The number of fused-ring (bicyclic) bond motifs is 2. The Bertz CT molecular complexity index is 2240. The Labute approximate surface area is 339 Å². The third kappa shape index (κ3) is 8.92. The summed E-state index contributed by atoms with van der Waals surface area (Å²) in [4.78, 5) is 50.5. The third-order valence-corrected chi connectivity index (χ3v) is 11.9. The van der Waals surface area contributed by atoms with E-state index in [0.29, 0.717) is 45.8 Å². The summed E-state index contributed by atoms with van der Waals surface area (Å²) >= 11 is 0. The molecule has 0 radical (unpaired) electrons. The van der Waals surface area contributed by atoms with E-state index in [1.807, 2.05) is 0 Å². The molecule has 3 amide bonds. The zero-order valence-corrected chi connectivity index (χ0v) is 33.4. The minimum atomic E-state index is -4.54. The van der Waals surface area contributed by atoms with Crippen LogP contribution in [-0.4, -0.2) is 77.4 Å². The molecule has 4 N–H and O–H groups in total. The summed E-state index contributed by atoms with van der Waals surface area (Å²) in [5.74, 6) is -0.0578. The van der Waals surface area contributed by atoms with Gasteiger partial charge in [-0.25, -0.2) is 14.4 Å². The normalized spacial score (nSPS) is 18.3. The number of amides is 3. The number of aromatic nitrogens is 2. The predicted octanol–water partition coefficient (Wildman–Crippen LogP) is 7.30. The number of aryl methyl sites for hydroxylation is 1. The first-order valence-electron chi connectivity index (χ1n) is 20.1. The number of nitrogens with zero attached hydrogens (tertiary/aromatic N) is 4. The van der Waals surface area contributed by atoms with E-state index in [0.717, 1.165) is 87.0 Å². The number of methoxy groups -OCH3 is 2. The molecule has 2 saturated heterocycles. The number of benzene rings is 3. The van der Waals surface area contributed by atoms with E-state index in [1.165, 1.54) is 23.4 Å². The summed E-state index contributed by atoms with van der Waals surface area (Å²) in [7, 11) is 3.12. The molecule has 0 spiro atoms. The molecule has 0 bridgehead atoms. The summed E-state index contributed by atoms with van der Waals surface area (Å²) in [6.45, 7) is 4.61. The highest BCUT2D eigenvalue weighted by Gasteiger charge is 2.41. The summed E-state index contributed by atoms with van der Waals surface area (Å²) in [5.41, 5.74) is 8.85. The van der Waals surface area contributed by atoms with Crippen molar-refractivity contribution < 1.29 is 41.4 Å². The van der Waals surface area contributed by atoms with Gasteiger partial charge in [-0.05, 0) is 124 Å². The first-order valence-corrected chi connectivity index (χ1v) is 20.1. The molecule has 3 aliphatic heterocycles. The molecule has 12 nitrogen and oxygen atoms in total. The molecule has 314 valence electrons. The average Bonchev–Trinajstić information content (AvgIpc) is 3.53. The minimum absolute atomic E-state index is 0.0142. The lowest BCUT2D eigenvalue weighted by molar-refractivity contribution is -0.138. The summed E-state index contributed by atoms with van der Waals surface area (Å²) in [5, 5.41) is 6.22. The van der Waals surface area contributed by atoms with E-state index in [-0.39, 0.29) is 42.8 Å². The number of likely N-dealkylation sites (tertiary alicyclic amines) is 1. The van der Waals surface area contributed by atoms with Gasteiger partial charge in [0.2, 0.25) is 11.8 Å². The maximum Gasteiger partial charge on any atom is 0.416 e. The summed E-state index contributed by atoms with van der Waals surface area (Å²) < 4.78 is 67.0. The zero-order valence-electron chi connectivity index (χ0n) is 33.4. The van der Waals surface area contributed by atoms with Gasteiger partial charge < -0.3 is 30.3 Å². The smallest absolute Gasteiger partial charge is 0.416 e. The van der Waals surface area contributed by atoms with E-state index < -0.39 is 35.5 Å². The van der Waals surface area contributed by atoms with Crippen molar-refractivity contribution in [2.75, 3.05) is 44.9 Å². The van der Waals surface area contributed by atoms with Gasteiger partial charge in [-0.15, -0.1) is 0 Å². The summed E-state index contributed by atoms with van der Waals surface area (Å²) in [6, 6.07) is 6.78. The second-order valence-electron chi connectivity index (χ2n) is 15.7. The number of halogens is 4. The number of nitrogens with one attached hydrogen (secondary N) is 2. The second-order valence-corrected chi connectivity index (χ2v) is 15.7. The van der Waals surface area contributed by atoms with Gasteiger partial charge in [-0.2, -0.15) is 13.2 Å². The highest BCUT2D eigenvalue weighted by molar-refractivity contribution is 6.05. The lowest BCUT2D eigenvalue weighted by Gasteiger charge is -2.33. The third-order valence-electron chi connectivity index (χ3n) is 11.9. The maximum atomic E-state index is 14.9. The number of unbranched alkanes of at least 4 members (excludes halogenated alkanes) is 3. The number of ether oxygens (including phenoxy) is 2. The number of anilines is 2. The van der Waals surface area contributed by atoms with Gasteiger partial charge in [0, 0.05) is 35.2 Å². The van der Waals surface area contributed by atoms with Gasteiger partial charge in [0.05, 0.1) is 31.3 Å². The van der Waals surface area contributed by atoms with Crippen molar-refractivity contribution in [2.24, 2.45) is 0 Å². The van der Waals surface area contributed by atoms with Crippen molar-refractivity contribution in [2.45, 2.75) is 95.4 Å². The average molecular weight is 820 g/mol. The van der Waals surface area contributed by atoms with Crippen molar-refractivity contribution in [1.82, 2.24) is 25.1 Å². The number of hydrogen-bond donors (Lipinski definition) is 3. The van der Waals surface area contributed by atoms with E-state index >= 15 is 0 Å². The van der Waals surface area contributed by atoms with Crippen LogP contribution < -0.4 is 25.8 Å². The van der Waals surface area contributed by atoms with Crippen LogP contribution in [0.3, 0.4) is 0 Å². The fourth-order valence-electron chi connectivity index (χ4n) is 8.80. The number of piperidine rings is 2. The van der Waals surface area contributed by atoms with Crippen LogP contribution in [0.15, 0.2) is 42.7 Å². The van der Waals surface area contributed by atoms with Crippen LogP contribution >= 0.6 is 0 Å². The van der Waals surface area contributed by atoms with Crippen LogP contribution in [0.4, 0.5) is 29.1 Å². The molecule has 7 rings (SSSR count). The van der Waals surface area contributed by atoms with Gasteiger partial charge in [0.15, 0.2) is 11.5 Å². The molecule has 2 atom stereocenters. The van der Waals surface area contributed by atoms with E-state index in [4.69, 9.17) is 15.2 Å². The zero-order chi connectivity index (χ0) is 42.0. The predicted molar refractivity (Wildman–Crippen MR) is 214 cm³/mol. The first-order chi connectivity index (χ1) is 28.2. The van der Waals surface area contributed by atoms with Crippen molar-refractivity contribution in [3.05, 3.63) is 81.9 Å². The molecule has 0 aliphatic carbocycles. The standard InChI is InChI=1S/C43H49F4N7O5/c1-24(26-16-27(43(45,46)47)18-29(48)17-26)51-40-33-21-36(58-2)39(59-3)30(38(33)49-23-50-40)8-6-4-5-7-13-53-14-11-25(12-15-53)31-19-28(44)20-32-34(31)22-54(42(32)57)35-9-10-37(55)52-41(35)56/h16-21,23-25,35H,4-15,22,48H2,1-3H3,(H,49,50,51)(H,52,55,56)/t24-,35?/m1/s1. The topological polar surface area (TPSA) is 152 Å². The number of alkyl halides is 3. The van der Waals surface area contributed by atoms with E-state index in [1.54, 1.807) is 33.3 Å². The van der Waals surface area contributed by atoms with Gasteiger partial charge in [-0.3, -0.25) is 19.7 Å². The Morgan fingerprint density at radius 2 is 1.73 bits per heavy atom. The Morgan fingerprint density at radius 1 is 0.966 bits per heavy atom. The molecule has 4 heterocycles. The molecular weight excluding hydrogens is 771 g/mol. The van der Waals surface area contributed by atoms with Crippen LogP contribution in [0.25, 0.3) is 10.9 Å². The Kier molecular flexibility index (Phi) is 12.3. The number of rotatable bonds is 14. The Hall–Kier alpha value is -5.51. The highest BCUT2D eigenvalue weighted by atomic mass is 19.4. The van der Waals surface area contributed by atoms with Crippen molar-refractivity contribution in [1.29, 1.82) is 0 Å². The van der Waals surface area contributed by atoms with Crippen LogP contribution in [0, 0.1) is 5.82 Å². The number of nitrogen functional groups attached to an aromatic ring is 1. The van der Waals surface area contributed by atoms with Crippen LogP contribution in [0.1, 0.15) is 108 Å². The van der Waals surface area contributed by atoms with Crippen LogP contribution in [-0.2, 0) is 28.7 Å². The number of imide groups is 1. The van der Waals surface area contributed by atoms with Crippen molar-refractivity contribution in [3.8, 4) is 11.5 Å². The van der Waals surface area contributed by atoms with Crippen molar-refractivity contribution in [3.63, 3.8) is 0 Å².